The lowest BCUT2D eigenvalue weighted by Crippen LogP contribution is -2.36. The van der Waals surface area contributed by atoms with E-state index >= 15 is 0 Å². The largest absolute Gasteiger partial charge is 0.355 e. The summed E-state index contributed by atoms with van der Waals surface area (Å²) in [6.45, 7) is 4.20. The van der Waals surface area contributed by atoms with E-state index in [1.807, 2.05) is 11.8 Å². The minimum absolute atomic E-state index is 0.896. The molecule has 5 heteroatoms. The monoisotopic (exact) mass is 236 g/mol. The summed E-state index contributed by atoms with van der Waals surface area (Å²) in [5, 5.41) is 3.36. The Hall–Kier alpha value is -0.810. The number of nitrogens with zero attached hydrogens (tertiary/aromatic N) is 3. The van der Waals surface area contributed by atoms with Crippen LogP contribution in [0.15, 0.2) is 6.33 Å². The van der Waals surface area contributed by atoms with E-state index in [2.05, 4.69) is 20.2 Å². The van der Waals surface area contributed by atoms with E-state index < -0.39 is 0 Å². The van der Waals surface area contributed by atoms with Crippen LogP contribution in [-0.4, -0.2) is 41.1 Å². The number of hydrogen-bond acceptors (Lipinski definition) is 5. The van der Waals surface area contributed by atoms with E-state index in [0.717, 1.165) is 32.6 Å². The second-order valence-electron chi connectivity index (χ2n) is 4.15. The lowest BCUT2D eigenvalue weighted by Gasteiger charge is -2.30. The first-order chi connectivity index (χ1) is 7.95. The van der Waals surface area contributed by atoms with Gasteiger partial charge in [-0.25, -0.2) is 9.97 Å². The van der Waals surface area contributed by atoms with Crippen LogP contribution in [0.1, 0.15) is 11.3 Å². The Kier molecular flexibility index (Phi) is 2.97. The Bertz CT molecular complexity index is 376. The molecule has 0 aliphatic carbocycles. The Morgan fingerprint density at radius 2 is 2.12 bits per heavy atom. The topological polar surface area (TPSA) is 41.1 Å². The fourth-order valence-corrected chi connectivity index (χ4v) is 3.22. The average molecular weight is 236 g/mol. The summed E-state index contributed by atoms with van der Waals surface area (Å²) in [6.07, 6.45) is 2.78. The van der Waals surface area contributed by atoms with Crippen molar-refractivity contribution in [2.24, 2.45) is 0 Å². The number of hydrogen-bond donors (Lipinski definition) is 1. The zero-order valence-corrected chi connectivity index (χ0v) is 10.1. The lowest BCUT2D eigenvalue weighted by atomic mass is 10.1. The van der Waals surface area contributed by atoms with Crippen molar-refractivity contribution in [3.63, 3.8) is 0 Å². The van der Waals surface area contributed by atoms with Crippen molar-refractivity contribution >= 4 is 17.6 Å². The number of rotatable bonds is 1. The molecule has 3 heterocycles. The van der Waals surface area contributed by atoms with E-state index in [1.54, 1.807) is 6.33 Å². The highest BCUT2D eigenvalue weighted by atomic mass is 32.2. The Balaban J connectivity index is 1.93. The van der Waals surface area contributed by atoms with Crippen LogP contribution in [0.2, 0.25) is 0 Å². The van der Waals surface area contributed by atoms with Crippen LogP contribution in [0.4, 0.5) is 5.82 Å². The number of thioether (sulfide) groups is 1. The molecule has 2 aliphatic heterocycles. The standard InChI is InChI=1S/C11H16N4S/c1-2-12-7-10-9(1)11(14-8-13-10)15-3-5-16-6-4-15/h8,12H,1-7H2. The summed E-state index contributed by atoms with van der Waals surface area (Å²) in [5.41, 5.74) is 2.56. The molecule has 0 radical (unpaired) electrons. The van der Waals surface area contributed by atoms with E-state index in [0.29, 0.717) is 0 Å². The van der Waals surface area contributed by atoms with Gasteiger partial charge in [0.25, 0.3) is 0 Å². The third kappa shape index (κ3) is 1.89. The second kappa shape index (κ2) is 4.59. The molecule has 0 spiro atoms. The minimum Gasteiger partial charge on any atom is -0.355 e. The van der Waals surface area contributed by atoms with Gasteiger partial charge in [-0.1, -0.05) is 0 Å². The van der Waals surface area contributed by atoms with E-state index in [4.69, 9.17) is 0 Å². The van der Waals surface area contributed by atoms with Gasteiger partial charge in [-0.2, -0.15) is 11.8 Å². The highest BCUT2D eigenvalue weighted by Crippen LogP contribution is 2.24. The molecular formula is C11H16N4S. The van der Waals surface area contributed by atoms with Crippen LogP contribution in [0, 0.1) is 0 Å². The summed E-state index contributed by atoms with van der Waals surface area (Å²) in [4.78, 5) is 11.3. The fraction of sp³-hybridized carbons (Fsp3) is 0.636. The van der Waals surface area contributed by atoms with Crippen molar-refractivity contribution in [1.82, 2.24) is 15.3 Å². The molecule has 0 unspecified atom stereocenters. The van der Waals surface area contributed by atoms with E-state index in [9.17, 15) is 0 Å². The first kappa shape index (κ1) is 10.4. The van der Waals surface area contributed by atoms with Gasteiger partial charge in [0.1, 0.15) is 12.1 Å². The van der Waals surface area contributed by atoms with Gasteiger partial charge in [-0.05, 0) is 13.0 Å². The van der Waals surface area contributed by atoms with Gasteiger partial charge in [0.05, 0.1) is 5.69 Å². The highest BCUT2D eigenvalue weighted by Gasteiger charge is 2.20. The normalized spacial score (nSPS) is 20.6. The van der Waals surface area contributed by atoms with Gasteiger partial charge < -0.3 is 10.2 Å². The molecular weight excluding hydrogens is 220 g/mol. The van der Waals surface area contributed by atoms with E-state index in [-0.39, 0.29) is 0 Å². The maximum Gasteiger partial charge on any atom is 0.135 e. The quantitative estimate of drug-likeness (QED) is 0.776. The van der Waals surface area contributed by atoms with Gasteiger partial charge in [-0.15, -0.1) is 0 Å². The Labute approximate surface area is 99.8 Å². The molecule has 1 N–H and O–H groups in total. The SMILES string of the molecule is c1nc2c(c(N3CCSCC3)n1)CCNC2. The van der Waals surface area contributed by atoms with Gasteiger partial charge in [0.15, 0.2) is 0 Å². The van der Waals surface area contributed by atoms with Gasteiger partial charge >= 0.3 is 0 Å². The van der Waals surface area contributed by atoms with Crippen molar-refractivity contribution < 1.29 is 0 Å². The maximum atomic E-state index is 4.49. The molecule has 0 bridgehead atoms. The van der Waals surface area contributed by atoms with Crippen molar-refractivity contribution in [1.29, 1.82) is 0 Å². The smallest absolute Gasteiger partial charge is 0.135 e. The third-order valence-electron chi connectivity index (χ3n) is 3.17. The van der Waals surface area contributed by atoms with E-state index in [1.165, 1.54) is 28.6 Å². The number of fused-ring (bicyclic) bond motifs is 1. The van der Waals surface area contributed by atoms with Crippen molar-refractivity contribution in [2.45, 2.75) is 13.0 Å². The van der Waals surface area contributed by atoms with Crippen LogP contribution in [0.25, 0.3) is 0 Å². The lowest BCUT2D eigenvalue weighted by molar-refractivity contribution is 0.619. The van der Waals surface area contributed by atoms with Crippen LogP contribution >= 0.6 is 11.8 Å². The fourth-order valence-electron chi connectivity index (χ4n) is 2.31. The molecule has 3 rings (SSSR count). The summed E-state index contributed by atoms with van der Waals surface area (Å²) >= 11 is 2.03. The summed E-state index contributed by atoms with van der Waals surface area (Å²) in [5.74, 6) is 3.63. The van der Waals surface area contributed by atoms with Gasteiger partial charge in [-0.3, -0.25) is 0 Å². The predicted molar refractivity (Wildman–Crippen MR) is 67.0 cm³/mol. The zero-order chi connectivity index (χ0) is 10.8. The summed E-state index contributed by atoms with van der Waals surface area (Å²) in [6, 6.07) is 0. The summed E-state index contributed by atoms with van der Waals surface area (Å²) in [7, 11) is 0. The number of anilines is 1. The molecule has 1 fully saturated rings. The number of aromatic nitrogens is 2. The molecule has 16 heavy (non-hydrogen) atoms. The molecule has 0 aromatic carbocycles. The molecule has 1 aromatic heterocycles. The first-order valence-electron chi connectivity index (χ1n) is 5.81. The first-order valence-corrected chi connectivity index (χ1v) is 6.97. The second-order valence-corrected chi connectivity index (χ2v) is 5.37. The molecule has 0 atom stereocenters. The van der Waals surface area contributed by atoms with Crippen molar-refractivity contribution in [3.8, 4) is 0 Å². The molecule has 1 aromatic rings. The highest BCUT2D eigenvalue weighted by molar-refractivity contribution is 7.99. The predicted octanol–water partition coefficient (Wildman–Crippen LogP) is 0.675. The van der Waals surface area contributed by atoms with Crippen molar-refractivity contribution in [3.05, 3.63) is 17.6 Å². The maximum absolute atomic E-state index is 4.49. The molecule has 4 nitrogen and oxygen atoms in total. The molecule has 86 valence electrons. The Morgan fingerprint density at radius 1 is 1.25 bits per heavy atom. The van der Waals surface area contributed by atoms with Crippen LogP contribution in [0.3, 0.4) is 0 Å². The molecule has 2 aliphatic rings. The van der Waals surface area contributed by atoms with Gasteiger partial charge in [0, 0.05) is 36.7 Å². The van der Waals surface area contributed by atoms with Crippen molar-refractivity contribution in [2.75, 3.05) is 36.0 Å². The van der Waals surface area contributed by atoms with Crippen LogP contribution in [-0.2, 0) is 13.0 Å². The molecule has 0 saturated carbocycles. The third-order valence-corrected chi connectivity index (χ3v) is 4.11. The summed E-state index contributed by atoms with van der Waals surface area (Å²) < 4.78 is 0. The minimum atomic E-state index is 0.896. The van der Waals surface area contributed by atoms with Crippen LogP contribution < -0.4 is 10.2 Å². The molecule has 1 saturated heterocycles. The van der Waals surface area contributed by atoms with Gasteiger partial charge in [0.2, 0.25) is 0 Å². The molecule has 0 amide bonds. The van der Waals surface area contributed by atoms with Crippen LogP contribution in [0.5, 0.6) is 0 Å². The number of nitrogens with one attached hydrogen (secondary N) is 1. The zero-order valence-electron chi connectivity index (χ0n) is 9.28. The Morgan fingerprint density at radius 3 is 3.00 bits per heavy atom. The average Bonchev–Trinajstić information content (AvgIpc) is 2.39.